The molecule has 0 spiro atoms. The zero-order chi connectivity index (χ0) is 18.6. The average molecular weight is 347 g/mol. The maximum absolute atomic E-state index is 10.2. The molecule has 0 aromatic heterocycles. The number of rotatable bonds is 2. The predicted molar refractivity (Wildman–Crippen MR) is 77.3 cm³/mol. The predicted octanol–water partition coefficient (Wildman–Crippen LogP) is -2.05. The van der Waals surface area contributed by atoms with Gasteiger partial charge in [-0.2, -0.15) is 0 Å². The molecule has 0 bridgehead atoms. The Morgan fingerprint density at radius 1 is 0.600 bits per heavy atom. The molecular formula is C14H10BeO10. The van der Waals surface area contributed by atoms with Crippen LogP contribution in [-0.4, -0.2) is 52.7 Å². The van der Waals surface area contributed by atoms with Gasteiger partial charge in [0.1, 0.15) is 0 Å². The largest absolute Gasteiger partial charge is 2.00 e. The molecule has 10 nitrogen and oxygen atoms in total. The Labute approximate surface area is 143 Å². The van der Waals surface area contributed by atoms with Crippen molar-refractivity contribution in [3.8, 4) is 34.5 Å². The number of carboxylic acids is 2. The summed E-state index contributed by atoms with van der Waals surface area (Å²) in [4.78, 5) is 20.4. The molecule has 11 heteroatoms. The monoisotopic (exact) mass is 347 g/mol. The summed E-state index contributed by atoms with van der Waals surface area (Å²) in [6.07, 6.45) is 0. The van der Waals surface area contributed by atoms with Gasteiger partial charge < -0.3 is 50.4 Å². The van der Waals surface area contributed by atoms with E-state index in [0.29, 0.717) is 0 Å². The van der Waals surface area contributed by atoms with Crippen molar-refractivity contribution in [2.75, 3.05) is 0 Å². The summed E-state index contributed by atoms with van der Waals surface area (Å²) >= 11 is 0. The second-order valence-corrected chi connectivity index (χ2v) is 4.30. The SMILES string of the molecule is O=C([O-])c1cc(O)c(O)c(O)c1.O=C([O-])c1cc(O)c(O)c(O)c1.[Be+2]. The number of carbonyl (C=O) groups is 2. The number of hydrogen-bond acceptors (Lipinski definition) is 10. The molecule has 128 valence electrons. The maximum Gasteiger partial charge on any atom is 2.00 e. The van der Waals surface area contributed by atoms with Crippen LogP contribution >= 0.6 is 0 Å². The number of phenolic OH excluding ortho intramolecular Hbond substituents is 6. The summed E-state index contributed by atoms with van der Waals surface area (Å²) < 4.78 is 0. The molecule has 2 aromatic rings. The molecule has 2 rings (SSSR count). The third-order valence-corrected chi connectivity index (χ3v) is 2.61. The van der Waals surface area contributed by atoms with E-state index < -0.39 is 57.6 Å². The van der Waals surface area contributed by atoms with Crippen molar-refractivity contribution in [1.82, 2.24) is 0 Å². The van der Waals surface area contributed by atoms with Crippen LogP contribution in [-0.2, 0) is 0 Å². The number of benzene rings is 2. The summed E-state index contributed by atoms with van der Waals surface area (Å²) in [6, 6.07) is 3.13. The molecule has 0 fully saturated rings. The molecule has 0 saturated heterocycles. The first-order valence-electron chi connectivity index (χ1n) is 5.97. The molecule has 0 amide bonds. The van der Waals surface area contributed by atoms with Crippen LogP contribution in [0.4, 0.5) is 0 Å². The van der Waals surface area contributed by atoms with Crippen LogP contribution in [0.5, 0.6) is 34.5 Å². The van der Waals surface area contributed by atoms with E-state index in [-0.39, 0.29) is 10.1 Å². The van der Waals surface area contributed by atoms with Crippen LogP contribution in [0.1, 0.15) is 20.7 Å². The minimum Gasteiger partial charge on any atom is -0.545 e. The molecule has 6 N–H and O–H groups in total. The first kappa shape index (κ1) is 21.3. The molecule has 0 heterocycles. The molecule has 0 unspecified atom stereocenters. The molecule has 0 saturated carbocycles. The summed E-state index contributed by atoms with van der Waals surface area (Å²) in [5.41, 5.74) is -0.800. The summed E-state index contributed by atoms with van der Waals surface area (Å²) in [5, 5.41) is 73.3. The minimum absolute atomic E-state index is 0. The van der Waals surface area contributed by atoms with Crippen LogP contribution in [0.2, 0.25) is 0 Å². The Morgan fingerprint density at radius 3 is 0.960 bits per heavy atom. The topological polar surface area (TPSA) is 202 Å². The van der Waals surface area contributed by atoms with Crippen molar-refractivity contribution in [2.24, 2.45) is 0 Å². The minimum atomic E-state index is -1.54. The summed E-state index contributed by atoms with van der Waals surface area (Å²) in [5.74, 6) is -7.38. The van der Waals surface area contributed by atoms with Gasteiger partial charge >= 0.3 is 10.1 Å². The zero-order valence-corrected chi connectivity index (χ0v) is 12.3. The smallest absolute Gasteiger partial charge is 0.545 e. The maximum atomic E-state index is 10.2. The van der Waals surface area contributed by atoms with E-state index in [4.69, 9.17) is 30.6 Å². The van der Waals surface area contributed by atoms with Gasteiger partial charge in [0.15, 0.2) is 34.5 Å². The van der Waals surface area contributed by atoms with Crippen molar-refractivity contribution >= 4 is 22.1 Å². The van der Waals surface area contributed by atoms with Gasteiger partial charge in [-0.1, -0.05) is 0 Å². The van der Waals surface area contributed by atoms with Gasteiger partial charge in [0.2, 0.25) is 0 Å². The van der Waals surface area contributed by atoms with Crippen molar-refractivity contribution in [1.29, 1.82) is 0 Å². The Balaban J connectivity index is 0.000000443. The Bertz CT molecular complexity index is 689. The standard InChI is InChI=1S/2C7H6O5.Be/c2*8-4-1-3(7(11)12)2-5(9)6(4)10;/h2*1-2,8-10H,(H,11,12);/q;;+2/p-2. The van der Waals surface area contributed by atoms with Crippen LogP contribution in [0.15, 0.2) is 24.3 Å². The fourth-order valence-corrected chi connectivity index (χ4v) is 1.44. The van der Waals surface area contributed by atoms with E-state index in [1.807, 2.05) is 0 Å². The van der Waals surface area contributed by atoms with Crippen LogP contribution in [0.25, 0.3) is 0 Å². The number of hydrogen-bond donors (Lipinski definition) is 6. The Morgan fingerprint density at radius 2 is 0.800 bits per heavy atom. The van der Waals surface area contributed by atoms with Crippen molar-refractivity contribution in [3.05, 3.63) is 35.4 Å². The van der Waals surface area contributed by atoms with E-state index >= 15 is 0 Å². The molecule has 25 heavy (non-hydrogen) atoms. The fraction of sp³-hybridized carbons (Fsp3) is 0. The van der Waals surface area contributed by atoms with Crippen LogP contribution in [0, 0.1) is 0 Å². The molecule has 0 aliphatic heterocycles. The van der Waals surface area contributed by atoms with Crippen LogP contribution < -0.4 is 10.2 Å². The van der Waals surface area contributed by atoms with Gasteiger partial charge in [0.05, 0.1) is 11.9 Å². The van der Waals surface area contributed by atoms with Crippen LogP contribution in [0.3, 0.4) is 0 Å². The zero-order valence-electron chi connectivity index (χ0n) is 12.3. The first-order valence-corrected chi connectivity index (χ1v) is 5.97. The molecular weight excluding hydrogens is 337 g/mol. The van der Waals surface area contributed by atoms with E-state index in [1.165, 1.54) is 0 Å². The fourth-order valence-electron chi connectivity index (χ4n) is 1.44. The third kappa shape index (κ3) is 5.19. The molecule has 0 radical (unpaired) electrons. The summed E-state index contributed by atoms with van der Waals surface area (Å²) in [6.45, 7) is 0. The second-order valence-electron chi connectivity index (χ2n) is 4.30. The third-order valence-electron chi connectivity index (χ3n) is 2.61. The van der Waals surface area contributed by atoms with Gasteiger partial charge in [0.25, 0.3) is 0 Å². The van der Waals surface area contributed by atoms with E-state index in [0.717, 1.165) is 24.3 Å². The normalized spacial score (nSPS) is 9.28. The Hall–Kier alpha value is -3.65. The van der Waals surface area contributed by atoms with Gasteiger partial charge in [-0.3, -0.25) is 0 Å². The molecule has 0 atom stereocenters. The molecule has 2 aromatic carbocycles. The number of carbonyl (C=O) groups excluding carboxylic acids is 2. The average Bonchev–Trinajstić information content (AvgIpc) is 2.49. The van der Waals surface area contributed by atoms with E-state index in [1.54, 1.807) is 0 Å². The summed E-state index contributed by atoms with van der Waals surface area (Å²) in [7, 11) is 0. The van der Waals surface area contributed by atoms with Crippen molar-refractivity contribution < 1.29 is 50.4 Å². The molecule has 0 aliphatic rings. The second kappa shape index (κ2) is 8.27. The van der Waals surface area contributed by atoms with E-state index in [9.17, 15) is 19.8 Å². The van der Waals surface area contributed by atoms with Gasteiger partial charge in [-0.25, -0.2) is 0 Å². The number of aromatic carboxylic acids is 2. The van der Waals surface area contributed by atoms with E-state index in [2.05, 4.69) is 0 Å². The quantitative estimate of drug-likeness (QED) is 0.259. The number of phenols is 6. The first-order chi connectivity index (χ1) is 11.0. The van der Waals surface area contributed by atoms with Gasteiger partial charge in [-0.05, 0) is 24.3 Å². The van der Waals surface area contributed by atoms with Crippen molar-refractivity contribution in [2.45, 2.75) is 0 Å². The Kier molecular flexibility index (Phi) is 7.06. The van der Waals surface area contributed by atoms with Crippen molar-refractivity contribution in [3.63, 3.8) is 0 Å². The number of aromatic hydroxyl groups is 6. The van der Waals surface area contributed by atoms with Gasteiger partial charge in [-0.15, -0.1) is 0 Å². The molecule has 0 aliphatic carbocycles. The number of carboxylic acid groups (broad SMARTS) is 2. The van der Waals surface area contributed by atoms with Gasteiger partial charge in [0, 0.05) is 11.1 Å².